The summed E-state index contributed by atoms with van der Waals surface area (Å²) in [5.41, 5.74) is 0.789. The van der Waals surface area contributed by atoms with Crippen molar-refractivity contribution < 1.29 is 18.7 Å². The minimum atomic E-state index is -0.940. The summed E-state index contributed by atoms with van der Waals surface area (Å²) in [6.45, 7) is 5.19. The molecule has 4 aromatic rings. The third-order valence-electron chi connectivity index (χ3n) is 5.60. The summed E-state index contributed by atoms with van der Waals surface area (Å²) in [6.07, 6.45) is 1.45. The lowest BCUT2D eigenvalue weighted by Gasteiger charge is -2.22. The maximum atomic E-state index is 13.7. The maximum absolute atomic E-state index is 13.7. The number of rotatable bonds is 5. The van der Waals surface area contributed by atoms with Gasteiger partial charge < -0.3 is 9.15 Å². The van der Waals surface area contributed by atoms with Gasteiger partial charge in [-0.15, -0.1) is 0 Å². The SMILES string of the molecule is C=CCOC(=O)c1sc(N2C(=O)c3oc4ccc(Cl)cc4c(=O)c3C2c2ccc(Cl)c(Cl)c2)nc1C. The topological polar surface area (TPSA) is 89.7 Å². The number of anilines is 1. The molecule has 182 valence electrons. The van der Waals surface area contributed by atoms with Gasteiger partial charge in [0.25, 0.3) is 5.91 Å². The largest absolute Gasteiger partial charge is 0.457 e. The van der Waals surface area contributed by atoms with Gasteiger partial charge in [-0.1, -0.05) is 64.9 Å². The van der Waals surface area contributed by atoms with Gasteiger partial charge in [-0.05, 0) is 42.8 Å². The minimum Gasteiger partial charge on any atom is -0.457 e. The Hall–Kier alpha value is -3.17. The highest BCUT2D eigenvalue weighted by Crippen LogP contribution is 2.44. The van der Waals surface area contributed by atoms with Crippen molar-refractivity contribution in [3.63, 3.8) is 0 Å². The molecule has 0 N–H and O–H groups in total. The van der Waals surface area contributed by atoms with Crippen molar-refractivity contribution >= 4 is 74.1 Å². The summed E-state index contributed by atoms with van der Waals surface area (Å²) in [5, 5.41) is 1.32. The van der Waals surface area contributed by atoms with Crippen LogP contribution >= 0.6 is 46.1 Å². The van der Waals surface area contributed by atoms with Crippen LogP contribution in [0.2, 0.25) is 15.1 Å². The number of ether oxygens (including phenoxy) is 1. The molecule has 1 unspecified atom stereocenters. The van der Waals surface area contributed by atoms with Gasteiger partial charge in [-0.2, -0.15) is 0 Å². The van der Waals surface area contributed by atoms with Crippen molar-refractivity contribution in [1.82, 2.24) is 4.98 Å². The van der Waals surface area contributed by atoms with Crippen molar-refractivity contribution in [2.45, 2.75) is 13.0 Å². The van der Waals surface area contributed by atoms with Gasteiger partial charge in [0.2, 0.25) is 5.76 Å². The molecule has 7 nitrogen and oxygen atoms in total. The summed E-state index contributed by atoms with van der Waals surface area (Å²) >= 11 is 19.5. The van der Waals surface area contributed by atoms with Crippen LogP contribution in [0.5, 0.6) is 0 Å². The molecule has 0 spiro atoms. The fourth-order valence-electron chi connectivity index (χ4n) is 4.02. The number of halogens is 3. The zero-order valence-corrected chi connectivity index (χ0v) is 21.6. The summed E-state index contributed by atoms with van der Waals surface area (Å²) in [4.78, 5) is 45.9. The molecule has 1 amide bonds. The van der Waals surface area contributed by atoms with E-state index in [0.717, 1.165) is 11.3 Å². The van der Waals surface area contributed by atoms with Crippen molar-refractivity contribution in [3.05, 3.63) is 102 Å². The average molecular weight is 562 g/mol. The highest BCUT2D eigenvalue weighted by atomic mass is 35.5. The molecule has 0 fully saturated rings. The second kappa shape index (κ2) is 9.37. The van der Waals surface area contributed by atoms with Crippen LogP contribution in [0.25, 0.3) is 11.0 Å². The first-order valence-corrected chi connectivity index (χ1v) is 12.5. The van der Waals surface area contributed by atoms with Crippen LogP contribution in [0.1, 0.15) is 43.1 Å². The fourth-order valence-corrected chi connectivity index (χ4v) is 5.48. The van der Waals surface area contributed by atoms with Crippen LogP contribution in [0.15, 0.2) is 58.3 Å². The van der Waals surface area contributed by atoms with Crippen molar-refractivity contribution in [1.29, 1.82) is 0 Å². The number of aryl methyl sites for hydroxylation is 1. The average Bonchev–Trinajstić information content (AvgIpc) is 3.37. The molecule has 2 aromatic heterocycles. The summed E-state index contributed by atoms with van der Waals surface area (Å²) in [7, 11) is 0. The van der Waals surface area contributed by atoms with Crippen LogP contribution in [0, 0.1) is 6.92 Å². The highest BCUT2D eigenvalue weighted by Gasteiger charge is 2.45. The zero-order valence-electron chi connectivity index (χ0n) is 18.5. The Kier molecular flexibility index (Phi) is 6.38. The third kappa shape index (κ3) is 4.00. The van der Waals surface area contributed by atoms with E-state index >= 15 is 0 Å². The van der Waals surface area contributed by atoms with E-state index in [9.17, 15) is 14.4 Å². The number of esters is 1. The quantitative estimate of drug-likeness (QED) is 0.201. The number of benzene rings is 2. The first-order chi connectivity index (χ1) is 17.2. The van der Waals surface area contributed by atoms with Gasteiger partial charge >= 0.3 is 5.97 Å². The lowest BCUT2D eigenvalue weighted by molar-refractivity contribution is 0.0554. The first-order valence-electron chi connectivity index (χ1n) is 10.5. The lowest BCUT2D eigenvalue weighted by atomic mass is 9.99. The Morgan fingerprint density at radius 1 is 1.19 bits per heavy atom. The molecule has 0 saturated carbocycles. The number of nitrogens with zero attached hydrogens (tertiary/aromatic N) is 2. The van der Waals surface area contributed by atoms with E-state index in [0.29, 0.717) is 21.3 Å². The second-order valence-electron chi connectivity index (χ2n) is 7.86. The fraction of sp³-hybridized carbons (Fsp3) is 0.120. The van der Waals surface area contributed by atoms with E-state index in [1.807, 2.05) is 0 Å². The Morgan fingerprint density at radius 3 is 2.69 bits per heavy atom. The second-order valence-corrected chi connectivity index (χ2v) is 10.1. The smallest absolute Gasteiger partial charge is 0.350 e. The van der Waals surface area contributed by atoms with Gasteiger partial charge in [-0.25, -0.2) is 9.78 Å². The molecule has 1 atom stereocenters. The first kappa shape index (κ1) is 24.5. The predicted octanol–water partition coefficient (Wildman–Crippen LogP) is 6.61. The standard InChI is InChI=1S/C25H15Cl3N2O5S/c1-3-8-34-24(33)22-11(2)29-25(36-22)30-19(12-4-6-15(27)16(28)9-12)18-20(31)14-10-13(26)5-7-17(14)35-21(18)23(30)32/h3-7,9-10,19H,1,8H2,2H3. The van der Waals surface area contributed by atoms with Crippen molar-refractivity contribution in [3.8, 4) is 0 Å². The lowest BCUT2D eigenvalue weighted by Crippen LogP contribution is -2.29. The molecule has 2 aromatic carbocycles. The molecule has 11 heteroatoms. The Bertz CT molecular complexity index is 1640. The molecule has 0 aliphatic carbocycles. The molecule has 0 saturated heterocycles. The van der Waals surface area contributed by atoms with Gasteiger partial charge in [0.05, 0.1) is 32.7 Å². The van der Waals surface area contributed by atoms with E-state index in [-0.39, 0.29) is 43.9 Å². The highest BCUT2D eigenvalue weighted by molar-refractivity contribution is 7.17. The summed E-state index contributed by atoms with van der Waals surface area (Å²) < 4.78 is 11.1. The molecule has 36 heavy (non-hydrogen) atoms. The minimum absolute atomic E-state index is 0.0268. The number of aromatic nitrogens is 1. The van der Waals surface area contributed by atoms with E-state index in [2.05, 4.69) is 11.6 Å². The van der Waals surface area contributed by atoms with Crippen LogP contribution in [-0.4, -0.2) is 23.5 Å². The Balaban J connectivity index is 1.74. The van der Waals surface area contributed by atoms with Gasteiger partial charge in [0.1, 0.15) is 17.1 Å². The Labute approximate surface area is 223 Å². The van der Waals surface area contributed by atoms with E-state index in [1.165, 1.54) is 23.1 Å². The monoisotopic (exact) mass is 560 g/mol. The molecular formula is C25H15Cl3N2O5S. The van der Waals surface area contributed by atoms with Gasteiger partial charge in [0, 0.05) is 5.02 Å². The third-order valence-corrected chi connectivity index (χ3v) is 7.71. The van der Waals surface area contributed by atoms with E-state index in [4.69, 9.17) is 44.0 Å². The van der Waals surface area contributed by atoms with Crippen LogP contribution in [0.3, 0.4) is 0 Å². The van der Waals surface area contributed by atoms with Crippen molar-refractivity contribution in [2.24, 2.45) is 0 Å². The maximum Gasteiger partial charge on any atom is 0.350 e. The predicted molar refractivity (Wildman–Crippen MR) is 140 cm³/mol. The number of thiazole rings is 1. The molecule has 3 heterocycles. The zero-order chi connectivity index (χ0) is 25.7. The molecule has 0 bridgehead atoms. The van der Waals surface area contributed by atoms with E-state index in [1.54, 1.807) is 31.2 Å². The van der Waals surface area contributed by atoms with Crippen LogP contribution in [-0.2, 0) is 4.74 Å². The molecular weight excluding hydrogens is 547 g/mol. The van der Waals surface area contributed by atoms with Gasteiger partial charge in [0.15, 0.2) is 10.6 Å². The Morgan fingerprint density at radius 2 is 1.97 bits per heavy atom. The van der Waals surface area contributed by atoms with Crippen LogP contribution < -0.4 is 10.3 Å². The molecule has 1 aliphatic heterocycles. The number of hydrogen-bond donors (Lipinski definition) is 0. The normalized spacial score (nSPS) is 14.8. The number of fused-ring (bicyclic) bond motifs is 2. The number of carbonyl (C=O) groups excluding carboxylic acids is 2. The summed E-state index contributed by atoms with van der Waals surface area (Å²) in [5.74, 6) is -1.31. The van der Waals surface area contributed by atoms with Crippen LogP contribution in [0.4, 0.5) is 5.13 Å². The molecule has 1 aliphatic rings. The van der Waals surface area contributed by atoms with E-state index < -0.39 is 23.3 Å². The van der Waals surface area contributed by atoms with Gasteiger partial charge in [-0.3, -0.25) is 14.5 Å². The number of hydrogen-bond acceptors (Lipinski definition) is 7. The summed E-state index contributed by atoms with van der Waals surface area (Å²) in [6, 6.07) is 8.46. The number of carbonyl (C=O) groups is 2. The molecule has 0 radical (unpaired) electrons. The molecule has 5 rings (SSSR count). The van der Waals surface area contributed by atoms with Crippen molar-refractivity contribution in [2.75, 3.05) is 11.5 Å². The number of amides is 1.